The van der Waals surface area contributed by atoms with E-state index in [0.29, 0.717) is 11.6 Å². The Bertz CT molecular complexity index is 433. The van der Waals surface area contributed by atoms with E-state index in [2.05, 4.69) is 5.32 Å². The normalized spacial score (nSPS) is 8.69. The molecule has 0 radical (unpaired) electrons. The Morgan fingerprint density at radius 3 is 2.44 bits per heavy atom. The molecule has 0 saturated carbocycles. The van der Waals surface area contributed by atoms with Crippen LogP contribution in [0.5, 0.6) is 0 Å². The van der Waals surface area contributed by atoms with Crippen LogP contribution in [0.15, 0.2) is 36.0 Å². The highest BCUT2D eigenvalue weighted by Gasteiger charge is 1.93. The molecule has 80 valence electrons. The molecule has 0 aliphatic rings. The van der Waals surface area contributed by atoms with Crippen LogP contribution in [-0.4, -0.2) is 6.54 Å². The molecule has 4 heteroatoms. The van der Waals surface area contributed by atoms with Crippen molar-refractivity contribution in [1.82, 2.24) is 5.32 Å². The molecule has 0 saturated heterocycles. The summed E-state index contributed by atoms with van der Waals surface area (Å²) < 4.78 is 0. The van der Waals surface area contributed by atoms with Crippen LogP contribution in [0, 0.1) is 22.7 Å². The van der Waals surface area contributed by atoms with Gasteiger partial charge in [-0.3, -0.25) is 0 Å². The molecule has 0 unspecified atom stereocenters. The molecule has 0 spiro atoms. The van der Waals surface area contributed by atoms with Gasteiger partial charge in [-0.2, -0.15) is 10.5 Å². The average Bonchev–Trinajstić information content (AvgIpc) is 2.32. The van der Waals surface area contributed by atoms with Gasteiger partial charge in [0.15, 0.2) is 0 Å². The summed E-state index contributed by atoms with van der Waals surface area (Å²) in [5.74, 6) is 0. The van der Waals surface area contributed by atoms with E-state index < -0.39 is 0 Å². The number of nitriles is 2. The minimum absolute atomic E-state index is 0.0797. The lowest BCUT2D eigenvalue weighted by atomic mass is 10.1. The van der Waals surface area contributed by atoms with Crippen LogP contribution in [0.3, 0.4) is 0 Å². The lowest BCUT2D eigenvalue weighted by molar-refractivity contribution is 0.830. The maximum absolute atomic E-state index is 8.48. The first-order chi connectivity index (χ1) is 7.76. The van der Waals surface area contributed by atoms with Crippen molar-refractivity contribution in [2.45, 2.75) is 6.42 Å². The summed E-state index contributed by atoms with van der Waals surface area (Å²) in [6.45, 7) is 0.675. The van der Waals surface area contributed by atoms with Gasteiger partial charge in [-0.1, -0.05) is 23.7 Å². The highest BCUT2D eigenvalue weighted by molar-refractivity contribution is 6.30. The van der Waals surface area contributed by atoms with Crippen LogP contribution in [0.25, 0.3) is 0 Å². The predicted molar refractivity (Wildman–Crippen MR) is 62.5 cm³/mol. The monoisotopic (exact) mass is 231 g/mol. The lowest BCUT2D eigenvalue weighted by Crippen LogP contribution is -2.10. The Labute approximate surface area is 99.6 Å². The first kappa shape index (κ1) is 12.1. The molecule has 1 aromatic rings. The molecule has 1 N–H and O–H groups in total. The third-order valence-corrected chi connectivity index (χ3v) is 2.21. The molecule has 0 atom stereocenters. The summed E-state index contributed by atoms with van der Waals surface area (Å²) in [6.07, 6.45) is 2.24. The highest BCUT2D eigenvalue weighted by atomic mass is 35.5. The van der Waals surface area contributed by atoms with Crippen LogP contribution in [0.1, 0.15) is 5.56 Å². The summed E-state index contributed by atoms with van der Waals surface area (Å²) in [4.78, 5) is 0. The van der Waals surface area contributed by atoms with Gasteiger partial charge in [0.05, 0.1) is 0 Å². The Kier molecular flexibility index (Phi) is 4.92. The maximum Gasteiger partial charge on any atom is 0.145 e. The number of halogens is 1. The van der Waals surface area contributed by atoms with Gasteiger partial charge in [-0.05, 0) is 24.1 Å². The van der Waals surface area contributed by atoms with Crippen LogP contribution in [0.2, 0.25) is 5.02 Å². The van der Waals surface area contributed by atoms with E-state index in [1.165, 1.54) is 6.20 Å². The Morgan fingerprint density at radius 2 is 1.88 bits per heavy atom. The van der Waals surface area contributed by atoms with Gasteiger partial charge in [0, 0.05) is 17.8 Å². The van der Waals surface area contributed by atoms with Gasteiger partial charge in [0.25, 0.3) is 0 Å². The van der Waals surface area contributed by atoms with Crippen LogP contribution in [0.4, 0.5) is 0 Å². The minimum Gasteiger partial charge on any atom is -0.389 e. The van der Waals surface area contributed by atoms with Crippen molar-refractivity contribution in [2.75, 3.05) is 6.54 Å². The number of nitrogens with zero attached hydrogens (tertiary/aromatic N) is 2. The highest BCUT2D eigenvalue weighted by Crippen LogP contribution is 2.09. The first-order valence-electron chi connectivity index (χ1n) is 4.74. The van der Waals surface area contributed by atoms with E-state index in [0.717, 1.165) is 12.0 Å². The van der Waals surface area contributed by atoms with Gasteiger partial charge in [0.2, 0.25) is 0 Å². The quantitative estimate of drug-likeness (QED) is 0.640. The summed E-state index contributed by atoms with van der Waals surface area (Å²) in [5, 5.41) is 20.6. The predicted octanol–water partition coefficient (Wildman–Crippen LogP) is 2.40. The lowest BCUT2D eigenvalue weighted by Gasteiger charge is -2.01. The van der Waals surface area contributed by atoms with E-state index in [9.17, 15) is 0 Å². The molecule has 0 aromatic heterocycles. The van der Waals surface area contributed by atoms with E-state index >= 15 is 0 Å². The zero-order valence-corrected chi connectivity index (χ0v) is 9.33. The zero-order valence-electron chi connectivity index (χ0n) is 8.57. The molecule has 1 aromatic carbocycles. The molecule has 0 bridgehead atoms. The zero-order chi connectivity index (χ0) is 11.8. The van der Waals surface area contributed by atoms with Gasteiger partial charge in [-0.25, -0.2) is 0 Å². The molecule has 0 heterocycles. The Hall–Kier alpha value is -1.97. The second-order valence-electron chi connectivity index (χ2n) is 3.11. The molecule has 0 aliphatic carbocycles. The molecular formula is C12H10ClN3. The van der Waals surface area contributed by atoms with Crippen molar-refractivity contribution in [3.8, 4) is 12.1 Å². The van der Waals surface area contributed by atoms with E-state index in [1.807, 2.05) is 24.3 Å². The number of rotatable bonds is 4. The largest absolute Gasteiger partial charge is 0.389 e. The van der Waals surface area contributed by atoms with Gasteiger partial charge in [0.1, 0.15) is 17.7 Å². The van der Waals surface area contributed by atoms with E-state index in [-0.39, 0.29) is 5.57 Å². The second-order valence-corrected chi connectivity index (χ2v) is 3.55. The van der Waals surface area contributed by atoms with E-state index in [1.54, 1.807) is 12.1 Å². The summed E-state index contributed by atoms with van der Waals surface area (Å²) >= 11 is 5.75. The fourth-order valence-electron chi connectivity index (χ4n) is 1.13. The summed E-state index contributed by atoms with van der Waals surface area (Å²) in [5.41, 5.74) is 1.23. The van der Waals surface area contributed by atoms with Crippen molar-refractivity contribution in [3.05, 3.63) is 46.6 Å². The Balaban J connectivity index is 2.37. The number of hydrogen-bond acceptors (Lipinski definition) is 3. The first-order valence-corrected chi connectivity index (χ1v) is 5.12. The summed E-state index contributed by atoms with van der Waals surface area (Å²) in [6, 6.07) is 11.1. The minimum atomic E-state index is 0.0797. The maximum atomic E-state index is 8.48. The molecule has 0 fully saturated rings. The number of benzene rings is 1. The molecule has 3 nitrogen and oxygen atoms in total. The van der Waals surface area contributed by atoms with Crippen LogP contribution < -0.4 is 5.32 Å². The van der Waals surface area contributed by atoms with Crippen molar-refractivity contribution in [2.24, 2.45) is 0 Å². The van der Waals surface area contributed by atoms with Crippen molar-refractivity contribution >= 4 is 11.6 Å². The second kappa shape index (κ2) is 6.50. The summed E-state index contributed by atoms with van der Waals surface area (Å²) in [7, 11) is 0. The molecule has 0 aliphatic heterocycles. The SMILES string of the molecule is N#CC(C#N)=CNCCc1ccc(Cl)cc1. The molecule has 0 amide bonds. The molecule has 16 heavy (non-hydrogen) atoms. The van der Waals surface area contributed by atoms with Gasteiger partial charge < -0.3 is 5.32 Å². The van der Waals surface area contributed by atoms with Gasteiger partial charge >= 0.3 is 0 Å². The van der Waals surface area contributed by atoms with E-state index in [4.69, 9.17) is 22.1 Å². The smallest absolute Gasteiger partial charge is 0.145 e. The number of allylic oxidation sites excluding steroid dienone is 1. The van der Waals surface area contributed by atoms with Crippen LogP contribution >= 0.6 is 11.6 Å². The third kappa shape index (κ3) is 4.04. The topological polar surface area (TPSA) is 59.6 Å². The fraction of sp³-hybridized carbons (Fsp3) is 0.167. The average molecular weight is 232 g/mol. The fourth-order valence-corrected chi connectivity index (χ4v) is 1.26. The van der Waals surface area contributed by atoms with Crippen molar-refractivity contribution < 1.29 is 0 Å². The number of nitrogens with one attached hydrogen (secondary N) is 1. The van der Waals surface area contributed by atoms with Gasteiger partial charge in [-0.15, -0.1) is 0 Å². The standard InChI is InChI=1S/C12H10ClN3/c13-12-3-1-10(2-4-12)5-6-16-9-11(7-14)8-15/h1-4,9,16H,5-6H2. The van der Waals surface area contributed by atoms with Crippen molar-refractivity contribution in [1.29, 1.82) is 10.5 Å². The number of hydrogen-bond donors (Lipinski definition) is 1. The molecule has 1 rings (SSSR count). The van der Waals surface area contributed by atoms with Crippen molar-refractivity contribution in [3.63, 3.8) is 0 Å². The third-order valence-electron chi connectivity index (χ3n) is 1.96. The van der Waals surface area contributed by atoms with Crippen LogP contribution in [-0.2, 0) is 6.42 Å². The Morgan fingerprint density at radius 1 is 1.25 bits per heavy atom. The molecular weight excluding hydrogens is 222 g/mol.